The molecule has 2 aliphatic rings. The molecule has 0 saturated carbocycles. The van der Waals surface area contributed by atoms with Crippen molar-refractivity contribution >= 4 is 34.1 Å². The van der Waals surface area contributed by atoms with Crippen LogP contribution in [0, 0.1) is 5.92 Å². The van der Waals surface area contributed by atoms with Crippen LogP contribution >= 0.6 is 0 Å². The van der Waals surface area contributed by atoms with Gasteiger partial charge >= 0.3 is 0 Å². The number of aliphatic hydroxyl groups is 1. The first-order chi connectivity index (χ1) is 17.8. The van der Waals surface area contributed by atoms with Gasteiger partial charge in [-0.05, 0) is 74.2 Å². The van der Waals surface area contributed by atoms with Crippen molar-refractivity contribution < 1.29 is 9.90 Å². The third-order valence-electron chi connectivity index (χ3n) is 7.81. The number of aromatic nitrogens is 3. The van der Waals surface area contributed by atoms with Gasteiger partial charge in [-0.3, -0.25) is 4.79 Å². The SMILES string of the molecule is Cn1ccc2c(-c3cnc(Nc4ccc(N5CCC[C@H](C(C)(C)O)C5)cc4)c4c3CNC4=O)ccnc21. The fraction of sp³-hybridized carbons (Fsp3) is 0.345. The number of benzene rings is 1. The van der Waals surface area contributed by atoms with Crippen LogP contribution in [-0.2, 0) is 13.6 Å². The van der Waals surface area contributed by atoms with Gasteiger partial charge in [-0.2, -0.15) is 0 Å². The molecule has 0 bridgehead atoms. The Morgan fingerprint density at radius 3 is 2.70 bits per heavy atom. The van der Waals surface area contributed by atoms with Crippen molar-refractivity contribution in [1.82, 2.24) is 19.9 Å². The highest BCUT2D eigenvalue weighted by Gasteiger charge is 2.31. The lowest BCUT2D eigenvalue weighted by Crippen LogP contribution is -2.44. The Balaban J connectivity index is 1.28. The summed E-state index contributed by atoms with van der Waals surface area (Å²) < 4.78 is 1.99. The molecule has 5 heterocycles. The third-order valence-corrected chi connectivity index (χ3v) is 7.81. The number of piperidine rings is 1. The Kier molecular flexibility index (Phi) is 5.64. The molecule has 3 N–H and O–H groups in total. The van der Waals surface area contributed by atoms with Crippen LogP contribution in [0.3, 0.4) is 0 Å². The van der Waals surface area contributed by atoms with E-state index in [1.54, 1.807) is 6.20 Å². The van der Waals surface area contributed by atoms with E-state index >= 15 is 0 Å². The van der Waals surface area contributed by atoms with Gasteiger partial charge in [0.2, 0.25) is 0 Å². The number of hydrogen-bond acceptors (Lipinski definition) is 6. The summed E-state index contributed by atoms with van der Waals surface area (Å²) in [6.45, 7) is 6.10. The number of hydrogen-bond donors (Lipinski definition) is 3. The van der Waals surface area contributed by atoms with Crippen molar-refractivity contribution in [2.45, 2.75) is 38.8 Å². The first-order valence-electron chi connectivity index (χ1n) is 12.8. The number of carbonyl (C=O) groups is 1. The Morgan fingerprint density at radius 2 is 1.92 bits per heavy atom. The van der Waals surface area contributed by atoms with Crippen LogP contribution in [0.15, 0.2) is 55.0 Å². The Bertz CT molecular complexity index is 1490. The topological polar surface area (TPSA) is 95.3 Å². The molecule has 1 fully saturated rings. The highest BCUT2D eigenvalue weighted by atomic mass is 16.3. The van der Waals surface area contributed by atoms with E-state index in [-0.39, 0.29) is 11.8 Å². The number of carbonyl (C=O) groups excluding carboxylic acids is 1. The molecule has 0 unspecified atom stereocenters. The monoisotopic (exact) mass is 496 g/mol. The zero-order chi connectivity index (χ0) is 25.7. The Morgan fingerprint density at radius 1 is 1.11 bits per heavy atom. The number of fused-ring (bicyclic) bond motifs is 2. The molecule has 2 aliphatic heterocycles. The van der Waals surface area contributed by atoms with E-state index in [0.29, 0.717) is 17.9 Å². The van der Waals surface area contributed by atoms with Gasteiger partial charge in [-0.25, -0.2) is 9.97 Å². The second-order valence-electron chi connectivity index (χ2n) is 10.7. The molecule has 190 valence electrons. The van der Waals surface area contributed by atoms with Gasteiger partial charge in [0.05, 0.1) is 11.2 Å². The molecule has 1 amide bonds. The minimum Gasteiger partial charge on any atom is -0.390 e. The van der Waals surface area contributed by atoms with Gasteiger partial charge < -0.3 is 25.2 Å². The van der Waals surface area contributed by atoms with Gasteiger partial charge in [0.1, 0.15) is 11.5 Å². The molecule has 8 nitrogen and oxygen atoms in total. The second kappa shape index (κ2) is 8.88. The van der Waals surface area contributed by atoms with Crippen molar-refractivity contribution in [2.24, 2.45) is 13.0 Å². The molecule has 1 atom stereocenters. The molecular weight excluding hydrogens is 464 g/mol. The van der Waals surface area contributed by atoms with Crippen LogP contribution in [-0.4, -0.2) is 44.2 Å². The fourth-order valence-electron chi connectivity index (χ4n) is 5.64. The van der Waals surface area contributed by atoms with E-state index in [2.05, 4.69) is 32.7 Å². The zero-order valence-corrected chi connectivity index (χ0v) is 21.5. The number of anilines is 3. The molecule has 8 heteroatoms. The van der Waals surface area contributed by atoms with Gasteiger partial charge in [0.15, 0.2) is 0 Å². The summed E-state index contributed by atoms with van der Waals surface area (Å²) in [4.78, 5) is 24.4. The van der Waals surface area contributed by atoms with Crippen molar-refractivity contribution in [3.8, 4) is 11.1 Å². The van der Waals surface area contributed by atoms with Crippen molar-refractivity contribution in [2.75, 3.05) is 23.3 Å². The van der Waals surface area contributed by atoms with E-state index in [0.717, 1.165) is 65.0 Å². The lowest BCUT2D eigenvalue weighted by molar-refractivity contribution is 0.0110. The lowest BCUT2D eigenvalue weighted by atomic mass is 9.84. The van der Waals surface area contributed by atoms with Crippen LogP contribution in [0.2, 0.25) is 0 Å². The largest absolute Gasteiger partial charge is 0.390 e. The normalized spacial score (nSPS) is 17.7. The molecule has 1 aromatic carbocycles. The fourth-order valence-corrected chi connectivity index (χ4v) is 5.64. The minimum atomic E-state index is -0.679. The molecule has 37 heavy (non-hydrogen) atoms. The van der Waals surface area contributed by atoms with E-state index in [4.69, 9.17) is 4.98 Å². The molecule has 4 aromatic rings. The van der Waals surface area contributed by atoms with Crippen LogP contribution in [0.5, 0.6) is 0 Å². The molecule has 0 spiro atoms. The summed E-state index contributed by atoms with van der Waals surface area (Å²) in [6.07, 6.45) is 7.76. The number of nitrogens with zero attached hydrogens (tertiary/aromatic N) is 4. The molecule has 6 rings (SSSR count). The van der Waals surface area contributed by atoms with Gasteiger partial charge in [0.25, 0.3) is 5.91 Å². The highest BCUT2D eigenvalue weighted by molar-refractivity contribution is 6.06. The number of aryl methyl sites for hydroxylation is 1. The number of rotatable bonds is 5. The average molecular weight is 497 g/mol. The second-order valence-corrected chi connectivity index (χ2v) is 10.7. The first kappa shape index (κ1) is 23.5. The quantitative estimate of drug-likeness (QED) is 0.374. The maximum absolute atomic E-state index is 12.9. The standard InChI is InChI=1S/C29H32N6O2/c1-29(2,37)18-5-4-13-35(17-18)20-8-6-19(7-9-20)33-26-25-24(16-32-28(25)36)23(15-31-26)21-10-12-30-27-22(21)11-14-34(27)3/h6-12,14-15,18,37H,4-5,13,16-17H2,1-3H3,(H,31,33)(H,32,36)/t18-/m0/s1. The van der Waals surface area contributed by atoms with Crippen LogP contribution in [0.4, 0.5) is 17.2 Å². The van der Waals surface area contributed by atoms with Gasteiger partial charge in [-0.15, -0.1) is 0 Å². The number of pyridine rings is 2. The van der Waals surface area contributed by atoms with E-state index in [1.165, 1.54) is 0 Å². The molecular formula is C29H32N6O2. The lowest BCUT2D eigenvalue weighted by Gasteiger charge is -2.39. The summed E-state index contributed by atoms with van der Waals surface area (Å²) in [7, 11) is 1.97. The van der Waals surface area contributed by atoms with Gasteiger partial charge in [-0.1, -0.05) is 0 Å². The summed E-state index contributed by atoms with van der Waals surface area (Å²) in [5.41, 5.74) is 5.72. The highest BCUT2D eigenvalue weighted by Crippen LogP contribution is 2.37. The molecule has 0 aliphatic carbocycles. The average Bonchev–Trinajstić information content (AvgIpc) is 3.47. The summed E-state index contributed by atoms with van der Waals surface area (Å²) in [6, 6.07) is 12.3. The minimum absolute atomic E-state index is 0.118. The smallest absolute Gasteiger partial charge is 0.255 e. The third kappa shape index (κ3) is 4.21. The zero-order valence-electron chi connectivity index (χ0n) is 21.5. The molecule has 1 saturated heterocycles. The van der Waals surface area contributed by atoms with E-state index < -0.39 is 5.60 Å². The van der Waals surface area contributed by atoms with Gasteiger partial charge in [0, 0.05) is 73.5 Å². The van der Waals surface area contributed by atoms with Crippen molar-refractivity contribution in [3.63, 3.8) is 0 Å². The molecule has 3 aromatic heterocycles. The van der Waals surface area contributed by atoms with E-state index in [9.17, 15) is 9.90 Å². The predicted molar refractivity (Wildman–Crippen MR) is 146 cm³/mol. The predicted octanol–water partition coefficient (Wildman–Crippen LogP) is 4.61. The number of amides is 1. The Labute approximate surface area is 216 Å². The van der Waals surface area contributed by atoms with Crippen molar-refractivity contribution in [3.05, 3.63) is 66.1 Å². The molecule has 0 radical (unpaired) electrons. The maximum atomic E-state index is 12.9. The maximum Gasteiger partial charge on any atom is 0.255 e. The summed E-state index contributed by atoms with van der Waals surface area (Å²) >= 11 is 0. The summed E-state index contributed by atoms with van der Waals surface area (Å²) in [5.74, 6) is 0.688. The van der Waals surface area contributed by atoms with Crippen molar-refractivity contribution in [1.29, 1.82) is 0 Å². The Hall–Kier alpha value is -3.91. The van der Waals surface area contributed by atoms with Crippen LogP contribution < -0.4 is 15.5 Å². The first-order valence-corrected chi connectivity index (χ1v) is 12.8. The summed E-state index contributed by atoms with van der Waals surface area (Å²) in [5, 5.41) is 17.9. The van der Waals surface area contributed by atoms with Crippen LogP contribution in [0.25, 0.3) is 22.2 Å². The van der Waals surface area contributed by atoms with Crippen LogP contribution in [0.1, 0.15) is 42.6 Å². The number of nitrogens with one attached hydrogen (secondary N) is 2. The van der Waals surface area contributed by atoms with E-state index in [1.807, 2.05) is 62.1 Å².